The first-order chi connectivity index (χ1) is 48.4. The van der Waals surface area contributed by atoms with E-state index in [1.807, 2.05) is 121 Å². The first-order valence-corrected chi connectivity index (χ1v) is 32.4. The van der Waals surface area contributed by atoms with E-state index in [0.717, 1.165) is 150 Å². The average Bonchev–Trinajstić information content (AvgIpc) is 1.56. The van der Waals surface area contributed by atoms with Crippen LogP contribution in [0.1, 0.15) is 11.1 Å². The van der Waals surface area contributed by atoms with Gasteiger partial charge < -0.3 is 9.13 Å². The number of fused-ring (bicyclic) bond motifs is 6. The molecule has 0 aliphatic rings. The number of benzene rings is 14. The molecule has 14 aromatic carbocycles. The summed E-state index contributed by atoms with van der Waals surface area (Å²) >= 11 is 0. The van der Waals surface area contributed by atoms with Gasteiger partial charge in [-0.1, -0.05) is 218 Å². The molecule has 0 unspecified atom stereocenters. The van der Waals surface area contributed by atoms with Crippen molar-refractivity contribution in [3.63, 3.8) is 0 Å². The van der Waals surface area contributed by atoms with E-state index in [9.17, 15) is 10.5 Å². The summed E-state index contributed by atoms with van der Waals surface area (Å²) in [5.74, 6) is 1.27. The van der Waals surface area contributed by atoms with Gasteiger partial charge in [-0.15, -0.1) is 0 Å². The fraction of sp³-hybridized carbons (Fsp3) is 0. The molecule has 98 heavy (non-hydrogen) atoms. The second-order valence-electron chi connectivity index (χ2n) is 24.4. The number of nitriles is 2. The molecule has 0 amide bonds. The SMILES string of the molecule is [C-]#[N+]c1ccc(-c2cc(-n3c4ccc(-c5ccccc5)cc4c4cc(-c5ccccc5)ccc43)ccc2-c2nc(-c3cccc(-c4ccccc4C#N)c3)nc(-c3ccc(-n4c5ccc(-c6ccccc6)cc5c5cc(-c6ccccc6)ccc54)cc3-c3ccc(C#N)cc3)n2)cc1. The highest BCUT2D eigenvalue weighted by Gasteiger charge is 2.24. The quantitative estimate of drug-likeness (QED) is 0.113. The van der Waals surface area contributed by atoms with Crippen LogP contribution in [0.25, 0.3) is 172 Å². The van der Waals surface area contributed by atoms with Gasteiger partial charge in [0.2, 0.25) is 0 Å². The number of aromatic nitrogens is 5. The van der Waals surface area contributed by atoms with E-state index in [1.165, 1.54) is 0 Å². The summed E-state index contributed by atoms with van der Waals surface area (Å²) in [4.78, 5) is 20.4. The topological polar surface area (TPSA) is 100 Å². The lowest BCUT2D eigenvalue weighted by atomic mass is 9.96. The number of hydrogen-bond acceptors (Lipinski definition) is 5. The molecule has 8 heteroatoms. The molecule has 0 saturated heterocycles. The summed E-state index contributed by atoms with van der Waals surface area (Å²) < 4.78 is 4.69. The molecule has 0 spiro atoms. The molecule has 0 radical (unpaired) electrons. The summed E-state index contributed by atoms with van der Waals surface area (Å²) in [7, 11) is 0. The van der Waals surface area contributed by atoms with Crippen LogP contribution in [-0.2, 0) is 0 Å². The van der Waals surface area contributed by atoms with Crippen molar-refractivity contribution >= 4 is 49.3 Å². The maximum absolute atomic E-state index is 10.4. The molecule has 454 valence electrons. The van der Waals surface area contributed by atoms with Gasteiger partial charge in [-0.25, -0.2) is 19.8 Å². The second kappa shape index (κ2) is 24.6. The first kappa shape index (κ1) is 58.0. The van der Waals surface area contributed by atoms with Gasteiger partial charge in [0, 0.05) is 49.6 Å². The maximum atomic E-state index is 10.4. The van der Waals surface area contributed by atoms with Crippen LogP contribution in [0.2, 0.25) is 0 Å². The molecule has 0 bridgehead atoms. The van der Waals surface area contributed by atoms with Gasteiger partial charge in [0.1, 0.15) is 0 Å². The fourth-order valence-corrected chi connectivity index (χ4v) is 13.9. The largest absolute Gasteiger partial charge is 0.309 e. The molecule has 0 saturated carbocycles. The summed E-state index contributed by atoms with van der Waals surface area (Å²) in [6.45, 7) is 7.98. The molecule has 0 fully saturated rings. The van der Waals surface area contributed by atoms with Gasteiger partial charge in [-0.2, -0.15) is 10.5 Å². The molecule has 3 aromatic heterocycles. The second-order valence-corrected chi connectivity index (χ2v) is 24.4. The predicted molar refractivity (Wildman–Crippen MR) is 399 cm³/mol. The van der Waals surface area contributed by atoms with Gasteiger partial charge in [0.15, 0.2) is 23.2 Å². The smallest absolute Gasteiger partial charge is 0.187 e. The van der Waals surface area contributed by atoms with Crippen LogP contribution in [0.5, 0.6) is 0 Å². The van der Waals surface area contributed by atoms with Crippen LogP contribution in [0.4, 0.5) is 5.69 Å². The van der Waals surface area contributed by atoms with Gasteiger partial charge in [-0.05, 0) is 187 Å². The predicted octanol–water partition coefficient (Wildman–Crippen LogP) is 23.0. The molecule has 0 N–H and O–H groups in total. The minimum absolute atomic E-state index is 0.421. The molecule has 17 aromatic rings. The van der Waals surface area contributed by atoms with E-state index < -0.39 is 0 Å². The Morgan fingerprint density at radius 2 is 0.633 bits per heavy atom. The van der Waals surface area contributed by atoms with Crippen LogP contribution in [0.3, 0.4) is 0 Å². The lowest BCUT2D eigenvalue weighted by Crippen LogP contribution is -2.04. The molecule has 17 rings (SSSR count). The first-order valence-electron chi connectivity index (χ1n) is 32.4. The Labute approximate surface area is 566 Å². The van der Waals surface area contributed by atoms with Crippen molar-refractivity contribution < 1.29 is 0 Å². The Kier molecular flexibility index (Phi) is 14.5. The van der Waals surface area contributed by atoms with Crippen LogP contribution in [0.15, 0.2) is 328 Å². The van der Waals surface area contributed by atoms with Crippen LogP contribution >= 0.6 is 0 Å². The average molecular weight is 1250 g/mol. The third kappa shape index (κ3) is 10.5. The summed E-state index contributed by atoms with van der Waals surface area (Å²) in [6.07, 6.45) is 0. The van der Waals surface area contributed by atoms with E-state index in [4.69, 9.17) is 21.5 Å². The Bertz CT molecular complexity index is 5590. The van der Waals surface area contributed by atoms with E-state index >= 15 is 0 Å². The van der Waals surface area contributed by atoms with Crippen molar-refractivity contribution in [2.75, 3.05) is 0 Å². The third-order valence-electron chi connectivity index (χ3n) is 18.7. The normalized spacial score (nSPS) is 11.2. The molecular formula is C90H54N8. The number of nitrogens with zero attached hydrogens (tertiary/aromatic N) is 8. The fourth-order valence-electron chi connectivity index (χ4n) is 13.9. The third-order valence-corrected chi connectivity index (χ3v) is 18.7. The zero-order valence-electron chi connectivity index (χ0n) is 52.8. The van der Waals surface area contributed by atoms with Crippen LogP contribution < -0.4 is 0 Å². The summed E-state index contributed by atoms with van der Waals surface area (Å²) in [6, 6.07) is 118. The molecule has 0 atom stereocenters. The van der Waals surface area contributed by atoms with Gasteiger partial charge >= 0.3 is 0 Å². The molecule has 3 heterocycles. The zero-order valence-corrected chi connectivity index (χ0v) is 52.8. The number of hydrogen-bond donors (Lipinski definition) is 0. The van der Waals surface area contributed by atoms with E-state index in [1.54, 1.807) is 0 Å². The highest BCUT2D eigenvalue weighted by Crippen LogP contribution is 2.44. The lowest BCUT2D eigenvalue weighted by molar-refractivity contribution is 1.07. The van der Waals surface area contributed by atoms with Crippen molar-refractivity contribution in [3.05, 3.63) is 350 Å². The van der Waals surface area contributed by atoms with Crippen LogP contribution in [-0.4, -0.2) is 24.1 Å². The molecular weight excluding hydrogens is 1190 g/mol. The van der Waals surface area contributed by atoms with E-state index in [-0.39, 0.29) is 0 Å². The standard InChI is InChI=1S/C90H54N8/c1-93-72-39-33-64(34-40-72)79-55-74(98-86-47-37-67(61-21-10-4-11-22-61)52-82(86)83-53-68(38-48-87(83)98)62-23-12-5-13-24-62)42-44-77(79)90-95-88(70-27-16-26-69(49-70)75-28-15-14-25-71(75)57-92)94-89(96-90)76-43-41-73(54-78(76)63-31-29-58(56-91)30-32-63)97-84-45-35-65(59-17-6-2-7-18-59)50-80(84)81-51-66(36-46-85(81)97)60-19-8-3-9-20-60/h2-55H. The van der Waals surface area contributed by atoms with Gasteiger partial charge in [-0.3, -0.25) is 0 Å². The van der Waals surface area contributed by atoms with Crippen molar-refractivity contribution in [1.82, 2.24) is 24.1 Å². The molecule has 8 nitrogen and oxygen atoms in total. The van der Waals surface area contributed by atoms with Crippen molar-refractivity contribution in [3.8, 4) is 136 Å². The van der Waals surface area contributed by atoms with Gasteiger partial charge in [0.05, 0.1) is 51.9 Å². The minimum atomic E-state index is 0.421. The van der Waals surface area contributed by atoms with Crippen molar-refractivity contribution in [1.29, 1.82) is 10.5 Å². The van der Waals surface area contributed by atoms with Crippen LogP contribution in [0, 0.1) is 29.2 Å². The summed E-state index contributed by atoms with van der Waals surface area (Å²) in [5, 5.41) is 25.0. The monoisotopic (exact) mass is 1250 g/mol. The molecule has 0 aliphatic heterocycles. The van der Waals surface area contributed by atoms with E-state index in [0.29, 0.717) is 34.3 Å². The minimum Gasteiger partial charge on any atom is -0.309 e. The van der Waals surface area contributed by atoms with E-state index in [2.05, 4.69) is 232 Å². The lowest BCUT2D eigenvalue weighted by Gasteiger charge is -2.17. The van der Waals surface area contributed by atoms with Crippen molar-refractivity contribution in [2.24, 2.45) is 0 Å². The maximum Gasteiger partial charge on any atom is 0.187 e. The molecule has 0 aliphatic carbocycles. The Morgan fingerprint density at radius 3 is 1.04 bits per heavy atom. The summed E-state index contributed by atoms with van der Waals surface area (Å²) in [5.41, 5.74) is 23.9. The van der Waals surface area contributed by atoms with Crippen molar-refractivity contribution in [2.45, 2.75) is 0 Å². The Balaban J connectivity index is 0.897. The van der Waals surface area contributed by atoms with Gasteiger partial charge in [0.25, 0.3) is 0 Å². The zero-order chi connectivity index (χ0) is 65.6. The Morgan fingerprint density at radius 1 is 0.265 bits per heavy atom. The highest BCUT2D eigenvalue weighted by atomic mass is 15.0. The Hall–Kier alpha value is -13.8. The number of rotatable bonds is 12. The highest BCUT2D eigenvalue weighted by molar-refractivity contribution is 6.13.